The van der Waals surface area contributed by atoms with Crippen LogP contribution < -0.4 is 5.32 Å². The Morgan fingerprint density at radius 1 is 1.14 bits per heavy atom. The number of piperidine rings is 1. The summed E-state index contributed by atoms with van der Waals surface area (Å²) in [7, 11) is 1.32. The van der Waals surface area contributed by atoms with E-state index in [1.807, 2.05) is 0 Å². The molecule has 2 unspecified atom stereocenters. The number of rotatable bonds is 4. The summed E-state index contributed by atoms with van der Waals surface area (Å²) in [5, 5.41) is 10.5. The number of nitrogens with one attached hydrogen (secondary N) is 1. The number of benzene rings is 1. The average molecular weight is 492 g/mol. The van der Waals surface area contributed by atoms with Crippen LogP contribution in [0.5, 0.6) is 0 Å². The van der Waals surface area contributed by atoms with Gasteiger partial charge in [-0.2, -0.15) is 0 Å². The summed E-state index contributed by atoms with van der Waals surface area (Å²) in [4.78, 5) is 65.4. The Balaban J connectivity index is 1.23. The zero-order valence-corrected chi connectivity index (χ0v) is 19.6. The quantitative estimate of drug-likeness (QED) is 0.475. The number of carbonyl (C=O) groups is 5. The molecule has 1 aromatic heterocycles. The zero-order valence-electron chi connectivity index (χ0n) is 19.6. The molecule has 3 aliphatic heterocycles. The molecule has 4 heterocycles. The van der Waals surface area contributed by atoms with E-state index < -0.39 is 24.0 Å². The van der Waals surface area contributed by atoms with Gasteiger partial charge in [0.15, 0.2) is 5.69 Å². The minimum absolute atomic E-state index is 0.124. The average Bonchev–Trinajstić information content (AvgIpc) is 3.19. The second-order valence-electron chi connectivity index (χ2n) is 9.77. The molecule has 36 heavy (non-hydrogen) atoms. The number of hydrogen-bond donors (Lipinski definition) is 1. The van der Waals surface area contributed by atoms with E-state index in [0.29, 0.717) is 23.2 Å². The highest BCUT2D eigenvalue weighted by Crippen LogP contribution is 2.52. The Morgan fingerprint density at radius 2 is 1.94 bits per heavy atom. The van der Waals surface area contributed by atoms with Crippen LogP contribution in [0.1, 0.15) is 64.9 Å². The second-order valence-corrected chi connectivity index (χ2v) is 9.77. The number of ether oxygens (including phenoxy) is 1. The van der Waals surface area contributed by atoms with Gasteiger partial charge in [0.2, 0.25) is 11.8 Å². The van der Waals surface area contributed by atoms with Gasteiger partial charge in [-0.1, -0.05) is 5.21 Å². The van der Waals surface area contributed by atoms with Crippen molar-refractivity contribution in [3.05, 3.63) is 41.2 Å². The van der Waals surface area contributed by atoms with Crippen molar-refractivity contribution in [3.63, 3.8) is 0 Å². The van der Waals surface area contributed by atoms with Crippen molar-refractivity contribution < 1.29 is 28.7 Å². The lowest BCUT2D eigenvalue weighted by atomic mass is 10.0. The summed E-state index contributed by atoms with van der Waals surface area (Å²) in [6.45, 7) is 0.228. The minimum Gasteiger partial charge on any atom is -0.467 e. The van der Waals surface area contributed by atoms with E-state index in [1.54, 1.807) is 23.1 Å². The molecule has 1 aromatic carbocycles. The molecule has 4 amide bonds. The number of esters is 1. The molecule has 0 bridgehead atoms. The molecule has 2 saturated heterocycles. The maximum Gasteiger partial charge on any atom is 0.328 e. The topological polar surface area (TPSA) is 144 Å². The fourth-order valence-corrected chi connectivity index (χ4v) is 5.65. The maximum absolute atomic E-state index is 13.4. The molecular formula is C24H24N6O6. The summed E-state index contributed by atoms with van der Waals surface area (Å²) >= 11 is 0. The predicted octanol–water partition coefficient (Wildman–Crippen LogP) is 0.339. The molecule has 1 spiro atoms. The second kappa shape index (κ2) is 7.97. The van der Waals surface area contributed by atoms with Crippen LogP contribution in [-0.2, 0) is 25.7 Å². The van der Waals surface area contributed by atoms with Gasteiger partial charge in [-0.05, 0) is 55.9 Å². The molecular weight excluding hydrogens is 468 g/mol. The largest absolute Gasteiger partial charge is 0.467 e. The van der Waals surface area contributed by atoms with Gasteiger partial charge < -0.3 is 14.5 Å². The number of aromatic nitrogens is 3. The van der Waals surface area contributed by atoms with Crippen molar-refractivity contribution >= 4 is 29.6 Å². The monoisotopic (exact) mass is 492 g/mol. The van der Waals surface area contributed by atoms with Crippen LogP contribution in [0, 0.1) is 0 Å². The fourth-order valence-electron chi connectivity index (χ4n) is 5.65. The third-order valence-corrected chi connectivity index (χ3v) is 7.71. The third-order valence-electron chi connectivity index (χ3n) is 7.71. The highest BCUT2D eigenvalue weighted by atomic mass is 16.5. The van der Waals surface area contributed by atoms with Gasteiger partial charge in [0.05, 0.1) is 19.0 Å². The van der Waals surface area contributed by atoms with Gasteiger partial charge in [-0.3, -0.25) is 24.5 Å². The molecule has 6 rings (SSSR count). The van der Waals surface area contributed by atoms with Crippen LogP contribution in [0.3, 0.4) is 0 Å². The Labute approximate surface area is 205 Å². The van der Waals surface area contributed by atoms with Crippen LogP contribution in [0.2, 0.25) is 0 Å². The summed E-state index contributed by atoms with van der Waals surface area (Å²) in [5.41, 5.74) is 1.62. The highest BCUT2D eigenvalue weighted by molar-refractivity contribution is 6.05. The van der Waals surface area contributed by atoms with Gasteiger partial charge in [-0.15, -0.1) is 5.10 Å². The first-order valence-corrected chi connectivity index (χ1v) is 11.9. The predicted molar refractivity (Wildman–Crippen MR) is 121 cm³/mol. The molecule has 3 fully saturated rings. The number of imide groups is 1. The van der Waals surface area contributed by atoms with Crippen molar-refractivity contribution in [2.24, 2.45) is 0 Å². The first-order chi connectivity index (χ1) is 17.3. The molecule has 186 valence electrons. The lowest BCUT2D eigenvalue weighted by molar-refractivity contribution is -0.145. The maximum atomic E-state index is 13.4. The molecule has 12 heteroatoms. The number of fused-ring (bicyclic) bond motifs is 1. The van der Waals surface area contributed by atoms with Crippen molar-refractivity contribution in [1.29, 1.82) is 0 Å². The summed E-state index contributed by atoms with van der Waals surface area (Å²) in [6, 6.07) is 3.81. The number of methoxy groups -OCH3 is 1. The molecule has 12 nitrogen and oxygen atoms in total. The van der Waals surface area contributed by atoms with Crippen molar-refractivity contribution in [2.45, 2.75) is 62.7 Å². The number of nitrogens with zero attached hydrogens (tertiary/aromatic N) is 5. The van der Waals surface area contributed by atoms with E-state index in [0.717, 1.165) is 19.3 Å². The molecule has 1 aliphatic carbocycles. The van der Waals surface area contributed by atoms with Crippen molar-refractivity contribution in [3.8, 4) is 5.69 Å². The zero-order chi connectivity index (χ0) is 25.2. The van der Waals surface area contributed by atoms with Gasteiger partial charge >= 0.3 is 5.97 Å². The lowest BCUT2D eigenvalue weighted by Crippen LogP contribution is -2.52. The fraction of sp³-hybridized carbons (Fsp3) is 0.458. The van der Waals surface area contributed by atoms with Crippen LogP contribution in [0.4, 0.5) is 0 Å². The molecule has 1 N–H and O–H groups in total. The molecule has 2 aromatic rings. The van der Waals surface area contributed by atoms with Crippen LogP contribution >= 0.6 is 0 Å². The number of likely N-dealkylation sites (tertiary alicyclic amines) is 1. The minimum atomic E-state index is -0.695. The molecule has 0 radical (unpaired) electrons. The van der Waals surface area contributed by atoms with Crippen LogP contribution in [0.25, 0.3) is 5.69 Å². The van der Waals surface area contributed by atoms with E-state index in [4.69, 9.17) is 4.74 Å². The molecule has 1 saturated carbocycles. The van der Waals surface area contributed by atoms with Gasteiger partial charge in [0, 0.05) is 24.1 Å². The van der Waals surface area contributed by atoms with Crippen molar-refractivity contribution in [2.75, 3.05) is 7.11 Å². The first kappa shape index (κ1) is 22.4. The summed E-state index contributed by atoms with van der Waals surface area (Å²) < 4.78 is 6.37. The van der Waals surface area contributed by atoms with Gasteiger partial charge in [0.1, 0.15) is 12.1 Å². The molecule has 2 atom stereocenters. The normalized spacial score (nSPS) is 24.2. The van der Waals surface area contributed by atoms with Crippen molar-refractivity contribution in [1.82, 2.24) is 30.1 Å². The van der Waals surface area contributed by atoms with E-state index in [2.05, 4.69) is 15.6 Å². The third kappa shape index (κ3) is 3.39. The van der Waals surface area contributed by atoms with E-state index >= 15 is 0 Å². The SMILES string of the molecule is COC(=O)C1CCC2(CC2)N1C(=O)c1cn(-c2ccc3c(c2)CN(C2CCC(=O)NC2=O)C3=O)nn1. The number of carbonyl (C=O) groups excluding carboxylic acids is 5. The van der Waals surface area contributed by atoms with E-state index in [9.17, 15) is 24.0 Å². The van der Waals surface area contributed by atoms with E-state index in [-0.39, 0.29) is 48.3 Å². The Hall–Kier alpha value is -4.09. The number of hydrogen-bond acceptors (Lipinski definition) is 8. The lowest BCUT2D eigenvalue weighted by Gasteiger charge is -2.29. The molecule has 4 aliphatic rings. The van der Waals surface area contributed by atoms with Crippen LogP contribution in [0.15, 0.2) is 24.4 Å². The first-order valence-electron chi connectivity index (χ1n) is 11.9. The highest BCUT2D eigenvalue weighted by Gasteiger charge is 2.59. The van der Waals surface area contributed by atoms with Gasteiger partial charge in [0.25, 0.3) is 11.8 Å². The smallest absolute Gasteiger partial charge is 0.328 e. The van der Waals surface area contributed by atoms with E-state index in [1.165, 1.54) is 22.9 Å². The van der Waals surface area contributed by atoms with Crippen LogP contribution in [-0.4, -0.2) is 79.1 Å². The summed E-state index contributed by atoms with van der Waals surface area (Å²) in [5.74, 6) is -1.85. The Bertz CT molecular complexity index is 1330. The Morgan fingerprint density at radius 3 is 2.67 bits per heavy atom. The summed E-state index contributed by atoms with van der Waals surface area (Å²) in [6.07, 6.45) is 5.01. The number of amides is 4. The Kier molecular flexibility index (Phi) is 4.95. The standard InChI is InChI=1S/C24H24N6O6/c1-36-23(35)18-6-7-24(8-9-24)30(18)22(34)16-12-29(27-26-16)14-2-3-15-13(10-14)11-28(21(15)33)17-4-5-19(31)25-20(17)32/h2-3,10,12,17-18H,4-9,11H2,1H3,(H,25,31,32). The van der Waals surface area contributed by atoms with Gasteiger partial charge in [-0.25, -0.2) is 9.48 Å².